The van der Waals surface area contributed by atoms with E-state index in [9.17, 15) is 4.79 Å². The Kier molecular flexibility index (Phi) is 2.12. The van der Waals surface area contributed by atoms with Crippen molar-refractivity contribution in [2.24, 2.45) is 5.41 Å². The second-order valence-electron chi connectivity index (χ2n) is 3.40. The molecule has 1 saturated carbocycles. The third kappa shape index (κ3) is 1.09. The topological polar surface area (TPSA) is 17.1 Å². The van der Waals surface area contributed by atoms with E-state index >= 15 is 0 Å². The van der Waals surface area contributed by atoms with Crippen LogP contribution < -0.4 is 0 Å². The number of carbonyl (C=O) groups is 1. The molecule has 1 heteroatoms. The Labute approximate surface area is 62.8 Å². The third-order valence-corrected chi connectivity index (χ3v) is 2.98. The van der Waals surface area contributed by atoms with Gasteiger partial charge in [-0.3, -0.25) is 4.79 Å². The molecule has 0 bridgehead atoms. The van der Waals surface area contributed by atoms with E-state index < -0.39 is 0 Å². The van der Waals surface area contributed by atoms with Gasteiger partial charge in [-0.2, -0.15) is 0 Å². The molecule has 58 valence electrons. The number of Topliss-reactive ketones (excluding diaryl/α,β-unsaturated/α-hetero) is 1. The van der Waals surface area contributed by atoms with Gasteiger partial charge in [0.15, 0.2) is 0 Å². The number of ketones is 1. The van der Waals surface area contributed by atoms with Crippen molar-refractivity contribution >= 4 is 5.78 Å². The fourth-order valence-electron chi connectivity index (χ4n) is 2.01. The lowest BCUT2D eigenvalue weighted by atomic mass is 9.80. The van der Waals surface area contributed by atoms with Crippen LogP contribution in [0.2, 0.25) is 0 Å². The highest BCUT2D eigenvalue weighted by Gasteiger charge is 2.35. The van der Waals surface area contributed by atoms with Crippen LogP contribution in [0, 0.1) is 5.41 Å². The summed E-state index contributed by atoms with van der Waals surface area (Å²) < 4.78 is 0. The van der Waals surface area contributed by atoms with Crippen molar-refractivity contribution < 1.29 is 4.79 Å². The lowest BCUT2D eigenvalue weighted by Gasteiger charge is -2.23. The quantitative estimate of drug-likeness (QED) is 0.576. The van der Waals surface area contributed by atoms with Gasteiger partial charge < -0.3 is 0 Å². The van der Waals surface area contributed by atoms with Gasteiger partial charge in [-0.1, -0.05) is 19.8 Å². The Balaban J connectivity index is 2.67. The third-order valence-electron chi connectivity index (χ3n) is 2.98. The van der Waals surface area contributed by atoms with Gasteiger partial charge in [0.1, 0.15) is 5.78 Å². The minimum absolute atomic E-state index is 0.0972. The zero-order chi connectivity index (χ0) is 7.61. The standard InChI is InChI=1S/C9H16O/c1-3-9(8(2)10)6-4-5-7-9/h3-7H2,1-2H3. The maximum atomic E-state index is 11.2. The van der Waals surface area contributed by atoms with E-state index in [4.69, 9.17) is 0 Å². The smallest absolute Gasteiger partial charge is 0.135 e. The first-order valence-electron chi connectivity index (χ1n) is 4.22. The molecule has 0 aliphatic heterocycles. The van der Waals surface area contributed by atoms with Crippen LogP contribution >= 0.6 is 0 Å². The van der Waals surface area contributed by atoms with E-state index in [0.29, 0.717) is 5.78 Å². The zero-order valence-electron chi connectivity index (χ0n) is 6.94. The summed E-state index contributed by atoms with van der Waals surface area (Å²) in [5, 5.41) is 0. The summed E-state index contributed by atoms with van der Waals surface area (Å²) in [6.07, 6.45) is 5.83. The van der Waals surface area contributed by atoms with E-state index in [-0.39, 0.29) is 5.41 Å². The first-order chi connectivity index (χ1) is 4.71. The fourth-order valence-corrected chi connectivity index (χ4v) is 2.01. The minimum Gasteiger partial charge on any atom is -0.299 e. The summed E-state index contributed by atoms with van der Waals surface area (Å²) in [7, 11) is 0. The van der Waals surface area contributed by atoms with E-state index in [1.807, 2.05) is 0 Å². The minimum atomic E-state index is 0.0972. The van der Waals surface area contributed by atoms with Gasteiger partial charge in [-0.25, -0.2) is 0 Å². The molecule has 0 unspecified atom stereocenters. The maximum Gasteiger partial charge on any atom is 0.135 e. The van der Waals surface area contributed by atoms with Gasteiger partial charge in [-0.15, -0.1) is 0 Å². The first-order valence-corrected chi connectivity index (χ1v) is 4.22. The Morgan fingerprint density at radius 3 is 2.10 bits per heavy atom. The van der Waals surface area contributed by atoms with E-state index in [1.165, 1.54) is 12.8 Å². The van der Waals surface area contributed by atoms with Crippen LogP contribution in [0.25, 0.3) is 0 Å². The molecule has 0 aromatic carbocycles. The van der Waals surface area contributed by atoms with Crippen LogP contribution in [0.4, 0.5) is 0 Å². The molecule has 0 saturated heterocycles. The van der Waals surface area contributed by atoms with E-state index in [1.54, 1.807) is 6.92 Å². The number of rotatable bonds is 2. The molecule has 1 fully saturated rings. The highest BCUT2D eigenvalue weighted by molar-refractivity contribution is 5.82. The molecular formula is C9H16O. The van der Waals surface area contributed by atoms with Crippen molar-refractivity contribution in [1.29, 1.82) is 0 Å². The van der Waals surface area contributed by atoms with Gasteiger partial charge in [0.25, 0.3) is 0 Å². The van der Waals surface area contributed by atoms with Crippen molar-refractivity contribution in [2.45, 2.75) is 46.0 Å². The Bertz CT molecular complexity index is 132. The second-order valence-corrected chi connectivity index (χ2v) is 3.40. The number of hydrogen-bond acceptors (Lipinski definition) is 1. The maximum absolute atomic E-state index is 11.2. The molecule has 0 amide bonds. The summed E-state index contributed by atoms with van der Waals surface area (Å²) in [6.45, 7) is 3.88. The highest BCUT2D eigenvalue weighted by Crippen LogP contribution is 2.41. The zero-order valence-corrected chi connectivity index (χ0v) is 6.94. The van der Waals surface area contributed by atoms with Crippen LogP contribution in [-0.4, -0.2) is 5.78 Å². The van der Waals surface area contributed by atoms with Crippen molar-refractivity contribution in [3.05, 3.63) is 0 Å². The second kappa shape index (κ2) is 2.73. The average molecular weight is 140 g/mol. The lowest BCUT2D eigenvalue weighted by molar-refractivity contribution is -0.126. The first kappa shape index (κ1) is 7.77. The normalized spacial score (nSPS) is 23.0. The van der Waals surface area contributed by atoms with E-state index in [0.717, 1.165) is 19.3 Å². The summed E-state index contributed by atoms with van der Waals surface area (Å²) in [5.74, 6) is 0.410. The SMILES string of the molecule is CCC1(C(C)=O)CCCC1. The van der Waals surface area contributed by atoms with Crippen LogP contribution in [0.5, 0.6) is 0 Å². The molecule has 0 heterocycles. The molecule has 0 spiro atoms. The molecule has 0 aromatic heterocycles. The van der Waals surface area contributed by atoms with Crippen LogP contribution in [0.3, 0.4) is 0 Å². The van der Waals surface area contributed by atoms with Crippen LogP contribution in [0.15, 0.2) is 0 Å². The van der Waals surface area contributed by atoms with Crippen molar-refractivity contribution in [1.82, 2.24) is 0 Å². The molecule has 1 rings (SSSR count). The monoisotopic (exact) mass is 140 g/mol. The fraction of sp³-hybridized carbons (Fsp3) is 0.889. The largest absolute Gasteiger partial charge is 0.299 e. The lowest BCUT2D eigenvalue weighted by Crippen LogP contribution is -2.24. The molecule has 1 aliphatic rings. The predicted octanol–water partition coefficient (Wildman–Crippen LogP) is 2.55. The van der Waals surface area contributed by atoms with Crippen molar-refractivity contribution in [2.75, 3.05) is 0 Å². The average Bonchev–Trinajstić information content (AvgIpc) is 2.35. The molecule has 1 nitrogen and oxygen atoms in total. The summed E-state index contributed by atoms with van der Waals surface area (Å²) in [6, 6.07) is 0. The summed E-state index contributed by atoms with van der Waals surface area (Å²) in [5.41, 5.74) is 0.0972. The van der Waals surface area contributed by atoms with Crippen LogP contribution in [-0.2, 0) is 4.79 Å². The molecule has 0 radical (unpaired) electrons. The van der Waals surface area contributed by atoms with Crippen LogP contribution in [0.1, 0.15) is 46.0 Å². The summed E-state index contributed by atoms with van der Waals surface area (Å²) in [4.78, 5) is 11.2. The Morgan fingerprint density at radius 2 is 1.90 bits per heavy atom. The number of carbonyl (C=O) groups excluding carboxylic acids is 1. The number of hydrogen-bond donors (Lipinski definition) is 0. The van der Waals surface area contributed by atoms with Gasteiger partial charge >= 0.3 is 0 Å². The molecule has 10 heavy (non-hydrogen) atoms. The summed E-state index contributed by atoms with van der Waals surface area (Å²) >= 11 is 0. The van der Waals surface area contributed by atoms with Crippen molar-refractivity contribution in [3.63, 3.8) is 0 Å². The molecule has 0 N–H and O–H groups in total. The van der Waals surface area contributed by atoms with Gasteiger partial charge in [0, 0.05) is 5.41 Å². The van der Waals surface area contributed by atoms with Gasteiger partial charge in [0.2, 0.25) is 0 Å². The molecule has 0 aromatic rings. The highest BCUT2D eigenvalue weighted by atomic mass is 16.1. The molecule has 1 aliphatic carbocycles. The predicted molar refractivity (Wildman–Crippen MR) is 41.9 cm³/mol. The van der Waals surface area contributed by atoms with Gasteiger partial charge in [0.05, 0.1) is 0 Å². The Hall–Kier alpha value is -0.330. The Morgan fingerprint density at radius 1 is 1.40 bits per heavy atom. The van der Waals surface area contributed by atoms with Gasteiger partial charge in [-0.05, 0) is 26.2 Å². The molecule has 0 atom stereocenters. The van der Waals surface area contributed by atoms with E-state index in [2.05, 4.69) is 6.92 Å². The molecular weight excluding hydrogens is 124 g/mol. The van der Waals surface area contributed by atoms with Crippen molar-refractivity contribution in [3.8, 4) is 0 Å².